The van der Waals surface area contributed by atoms with E-state index in [9.17, 15) is 9.59 Å². The fourth-order valence-corrected chi connectivity index (χ4v) is 1.88. The molecule has 1 N–H and O–H groups in total. The van der Waals surface area contributed by atoms with Crippen LogP contribution in [-0.4, -0.2) is 23.7 Å². The van der Waals surface area contributed by atoms with Crippen LogP contribution in [0.15, 0.2) is 12.2 Å². The zero-order valence-electron chi connectivity index (χ0n) is 9.52. The smallest absolute Gasteiger partial charge is 0.331 e. The molecule has 0 aliphatic heterocycles. The number of hydrogen-bond donors (Lipinski definition) is 1. The molecule has 4 nitrogen and oxygen atoms in total. The topological polar surface area (TPSA) is 63.6 Å². The number of carbonyl (C=O) groups excluding carboxylic acids is 1. The molecule has 0 amide bonds. The van der Waals surface area contributed by atoms with Crippen LogP contribution in [0.4, 0.5) is 0 Å². The zero-order chi connectivity index (χ0) is 12.0. The maximum Gasteiger partial charge on any atom is 0.331 e. The van der Waals surface area contributed by atoms with Gasteiger partial charge in [-0.1, -0.05) is 19.8 Å². The van der Waals surface area contributed by atoms with Crippen molar-refractivity contribution in [3.63, 3.8) is 0 Å². The summed E-state index contributed by atoms with van der Waals surface area (Å²) in [6.07, 6.45) is 6.31. The van der Waals surface area contributed by atoms with Crippen LogP contribution >= 0.6 is 0 Å². The van der Waals surface area contributed by atoms with Gasteiger partial charge in [0.2, 0.25) is 0 Å². The second kappa shape index (κ2) is 6.30. The highest BCUT2D eigenvalue weighted by molar-refractivity contribution is 5.90. The highest BCUT2D eigenvalue weighted by Crippen LogP contribution is 2.28. The Morgan fingerprint density at radius 1 is 1.25 bits per heavy atom. The second-order valence-electron chi connectivity index (χ2n) is 4.43. The Balaban J connectivity index is 2.19. The van der Waals surface area contributed by atoms with Crippen LogP contribution in [0.5, 0.6) is 0 Å². The van der Waals surface area contributed by atoms with E-state index in [1.54, 1.807) is 0 Å². The Morgan fingerprint density at radius 2 is 1.88 bits per heavy atom. The van der Waals surface area contributed by atoms with Gasteiger partial charge in [-0.25, -0.2) is 9.59 Å². The summed E-state index contributed by atoms with van der Waals surface area (Å²) < 4.78 is 4.98. The zero-order valence-corrected chi connectivity index (χ0v) is 9.52. The molecule has 16 heavy (non-hydrogen) atoms. The molecule has 0 aromatic carbocycles. The van der Waals surface area contributed by atoms with Crippen LogP contribution in [-0.2, 0) is 14.3 Å². The van der Waals surface area contributed by atoms with E-state index in [0.717, 1.165) is 30.9 Å². The monoisotopic (exact) mass is 226 g/mol. The third kappa shape index (κ3) is 4.96. The molecule has 4 heteroatoms. The van der Waals surface area contributed by atoms with E-state index >= 15 is 0 Å². The molecule has 0 unspecified atom stereocenters. The standard InChI is InChI=1S/C12H18O4/c1-9-2-4-10(5-3-9)8-16-12(15)7-6-11(13)14/h6-7,9-10H,2-5,8H2,1H3,(H,13,14)/b7-6+. The number of esters is 1. The van der Waals surface area contributed by atoms with Crippen LogP contribution in [0, 0.1) is 11.8 Å². The van der Waals surface area contributed by atoms with Crippen LogP contribution in [0.3, 0.4) is 0 Å². The molecule has 1 fully saturated rings. The van der Waals surface area contributed by atoms with E-state index < -0.39 is 11.9 Å². The van der Waals surface area contributed by atoms with E-state index in [1.165, 1.54) is 12.8 Å². The lowest BCUT2D eigenvalue weighted by Gasteiger charge is -2.25. The number of aliphatic carboxylic acids is 1. The summed E-state index contributed by atoms with van der Waals surface area (Å²) in [6, 6.07) is 0. The number of rotatable bonds is 4. The van der Waals surface area contributed by atoms with Crippen molar-refractivity contribution in [2.45, 2.75) is 32.6 Å². The SMILES string of the molecule is CC1CCC(COC(=O)/C=C/C(=O)O)CC1. The summed E-state index contributed by atoms with van der Waals surface area (Å²) in [5, 5.41) is 8.31. The van der Waals surface area contributed by atoms with Crippen molar-refractivity contribution in [2.24, 2.45) is 11.8 Å². The quantitative estimate of drug-likeness (QED) is 0.588. The third-order valence-corrected chi connectivity index (χ3v) is 2.96. The van der Waals surface area contributed by atoms with Crippen molar-refractivity contribution in [3.05, 3.63) is 12.2 Å². The lowest BCUT2D eigenvalue weighted by atomic mass is 9.83. The van der Waals surface area contributed by atoms with Crippen LogP contribution in [0.25, 0.3) is 0 Å². The minimum absolute atomic E-state index is 0.412. The predicted molar refractivity (Wildman–Crippen MR) is 58.9 cm³/mol. The first-order valence-electron chi connectivity index (χ1n) is 5.65. The summed E-state index contributed by atoms with van der Waals surface area (Å²) in [5.41, 5.74) is 0. The minimum atomic E-state index is -1.14. The van der Waals surface area contributed by atoms with Gasteiger partial charge in [0.05, 0.1) is 6.61 Å². The summed E-state index contributed by atoms with van der Waals surface area (Å²) in [4.78, 5) is 21.2. The third-order valence-electron chi connectivity index (χ3n) is 2.96. The molecule has 0 bridgehead atoms. The summed E-state index contributed by atoms with van der Waals surface area (Å²) >= 11 is 0. The van der Waals surface area contributed by atoms with Gasteiger partial charge in [-0.2, -0.15) is 0 Å². The van der Waals surface area contributed by atoms with Gasteiger partial charge in [0.15, 0.2) is 0 Å². The number of carbonyl (C=O) groups is 2. The minimum Gasteiger partial charge on any atom is -0.478 e. The Labute approximate surface area is 95.3 Å². The van der Waals surface area contributed by atoms with Gasteiger partial charge in [0.25, 0.3) is 0 Å². The fourth-order valence-electron chi connectivity index (χ4n) is 1.88. The fraction of sp³-hybridized carbons (Fsp3) is 0.667. The van der Waals surface area contributed by atoms with Crippen LogP contribution in [0.2, 0.25) is 0 Å². The largest absolute Gasteiger partial charge is 0.478 e. The molecule has 0 aromatic rings. The van der Waals surface area contributed by atoms with Crippen molar-refractivity contribution in [1.29, 1.82) is 0 Å². The molecule has 1 aliphatic carbocycles. The van der Waals surface area contributed by atoms with Crippen molar-refractivity contribution in [2.75, 3.05) is 6.61 Å². The van der Waals surface area contributed by atoms with E-state index in [-0.39, 0.29) is 0 Å². The van der Waals surface area contributed by atoms with Crippen molar-refractivity contribution < 1.29 is 19.4 Å². The normalized spacial score (nSPS) is 25.6. The molecular formula is C12H18O4. The molecule has 1 rings (SSSR count). The average molecular weight is 226 g/mol. The van der Waals surface area contributed by atoms with Gasteiger partial charge in [0.1, 0.15) is 0 Å². The maximum atomic E-state index is 11.1. The van der Waals surface area contributed by atoms with Gasteiger partial charge in [-0.3, -0.25) is 0 Å². The lowest BCUT2D eigenvalue weighted by Crippen LogP contribution is -2.18. The molecule has 90 valence electrons. The van der Waals surface area contributed by atoms with Gasteiger partial charge < -0.3 is 9.84 Å². The molecule has 1 saturated carbocycles. The molecule has 0 radical (unpaired) electrons. The molecule has 1 aliphatic rings. The summed E-state index contributed by atoms with van der Waals surface area (Å²) in [6.45, 7) is 2.65. The van der Waals surface area contributed by atoms with Crippen molar-refractivity contribution >= 4 is 11.9 Å². The molecule has 0 heterocycles. The van der Waals surface area contributed by atoms with Gasteiger partial charge in [-0.15, -0.1) is 0 Å². The van der Waals surface area contributed by atoms with Crippen LogP contribution < -0.4 is 0 Å². The molecule has 0 saturated heterocycles. The highest BCUT2D eigenvalue weighted by atomic mass is 16.5. The molecular weight excluding hydrogens is 208 g/mol. The number of carboxylic acids is 1. The van der Waals surface area contributed by atoms with Crippen LogP contribution in [0.1, 0.15) is 32.6 Å². The van der Waals surface area contributed by atoms with Gasteiger partial charge in [0, 0.05) is 12.2 Å². The van der Waals surface area contributed by atoms with E-state index in [4.69, 9.17) is 9.84 Å². The first-order chi connectivity index (χ1) is 7.58. The Hall–Kier alpha value is -1.32. The number of carboxylic acid groups (broad SMARTS) is 1. The van der Waals surface area contributed by atoms with E-state index in [2.05, 4.69) is 6.92 Å². The summed E-state index contributed by atoms with van der Waals surface area (Å²) in [7, 11) is 0. The first-order valence-corrected chi connectivity index (χ1v) is 5.65. The van der Waals surface area contributed by atoms with Gasteiger partial charge >= 0.3 is 11.9 Å². The molecule has 0 spiro atoms. The Morgan fingerprint density at radius 3 is 2.44 bits per heavy atom. The van der Waals surface area contributed by atoms with E-state index in [1.807, 2.05) is 0 Å². The Kier molecular flexibility index (Phi) is 5.02. The number of ether oxygens (including phenoxy) is 1. The Bertz CT molecular complexity index is 275. The summed E-state index contributed by atoms with van der Waals surface area (Å²) in [5.74, 6) is -0.485. The maximum absolute atomic E-state index is 11.1. The van der Waals surface area contributed by atoms with Crippen molar-refractivity contribution in [3.8, 4) is 0 Å². The second-order valence-corrected chi connectivity index (χ2v) is 4.43. The first kappa shape index (κ1) is 12.7. The average Bonchev–Trinajstić information content (AvgIpc) is 2.25. The lowest BCUT2D eigenvalue weighted by molar-refractivity contribution is -0.140. The molecule has 0 aromatic heterocycles. The molecule has 0 atom stereocenters. The number of hydrogen-bond acceptors (Lipinski definition) is 3. The highest BCUT2D eigenvalue weighted by Gasteiger charge is 2.19. The van der Waals surface area contributed by atoms with Gasteiger partial charge in [-0.05, 0) is 24.7 Å². The van der Waals surface area contributed by atoms with Crippen molar-refractivity contribution in [1.82, 2.24) is 0 Å². The predicted octanol–water partition coefficient (Wildman–Crippen LogP) is 2.00. The van der Waals surface area contributed by atoms with E-state index in [0.29, 0.717) is 12.5 Å².